The van der Waals surface area contributed by atoms with Crippen LogP contribution in [0.25, 0.3) is 0 Å². The van der Waals surface area contributed by atoms with E-state index in [1.54, 1.807) is 12.1 Å². The first-order chi connectivity index (χ1) is 7.92. The van der Waals surface area contributed by atoms with Crippen molar-refractivity contribution in [3.05, 3.63) is 28.7 Å². The van der Waals surface area contributed by atoms with Crippen LogP contribution in [0, 0.1) is 0 Å². The maximum Gasteiger partial charge on any atom is 0.404 e. The monoisotopic (exact) mass is 322 g/mol. The second kappa shape index (κ2) is 5.99. The third-order valence-electron chi connectivity index (χ3n) is 1.82. The average molecular weight is 323 g/mol. The molecule has 0 fully saturated rings. The van der Waals surface area contributed by atoms with Crippen molar-refractivity contribution in [2.45, 2.75) is 4.90 Å². The minimum absolute atomic E-state index is 0.00466. The van der Waals surface area contributed by atoms with Crippen LogP contribution in [0.2, 0.25) is 0 Å². The highest BCUT2D eigenvalue weighted by molar-refractivity contribution is 9.10. The Bertz CT molecular complexity index is 486. The molecule has 0 heterocycles. The number of hydrogen-bond acceptors (Lipinski definition) is 3. The van der Waals surface area contributed by atoms with Gasteiger partial charge >= 0.3 is 6.09 Å². The SMILES string of the molecule is O=C(O)NCCNS(=O)(=O)c1ccc(Br)cc1. The van der Waals surface area contributed by atoms with E-state index in [0.29, 0.717) is 0 Å². The zero-order chi connectivity index (χ0) is 12.9. The van der Waals surface area contributed by atoms with Gasteiger partial charge in [0, 0.05) is 17.6 Å². The van der Waals surface area contributed by atoms with Crippen LogP contribution in [-0.4, -0.2) is 32.7 Å². The number of carbonyl (C=O) groups is 1. The number of nitrogens with one attached hydrogen (secondary N) is 2. The van der Waals surface area contributed by atoms with Gasteiger partial charge in [0.25, 0.3) is 0 Å². The summed E-state index contributed by atoms with van der Waals surface area (Å²) in [5.41, 5.74) is 0. The van der Waals surface area contributed by atoms with Crippen molar-refractivity contribution in [3.8, 4) is 0 Å². The van der Waals surface area contributed by atoms with Gasteiger partial charge in [-0.1, -0.05) is 15.9 Å². The molecule has 0 saturated heterocycles. The van der Waals surface area contributed by atoms with E-state index in [1.807, 2.05) is 0 Å². The highest BCUT2D eigenvalue weighted by atomic mass is 79.9. The molecule has 3 N–H and O–H groups in total. The van der Waals surface area contributed by atoms with Crippen molar-refractivity contribution in [1.29, 1.82) is 0 Å². The second-order valence-corrected chi connectivity index (χ2v) is 5.77. The van der Waals surface area contributed by atoms with Gasteiger partial charge in [-0.2, -0.15) is 0 Å². The molecule has 17 heavy (non-hydrogen) atoms. The van der Waals surface area contributed by atoms with Crippen molar-refractivity contribution < 1.29 is 18.3 Å². The summed E-state index contributed by atoms with van der Waals surface area (Å²) in [5, 5.41) is 10.4. The lowest BCUT2D eigenvalue weighted by atomic mass is 10.4. The molecule has 1 aromatic carbocycles. The predicted octanol–water partition coefficient (Wildman–Crippen LogP) is 0.995. The average Bonchev–Trinajstić information content (AvgIpc) is 2.25. The summed E-state index contributed by atoms with van der Waals surface area (Å²) in [4.78, 5) is 10.3. The third kappa shape index (κ3) is 4.72. The summed E-state index contributed by atoms with van der Waals surface area (Å²) < 4.78 is 26.4. The molecule has 0 aliphatic rings. The van der Waals surface area contributed by atoms with Crippen molar-refractivity contribution in [3.63, 3.8) is 0 Å². The lowest BCUT2D eigenvalue weighted by Gasteiger charge is -2.06. The maximum atomic E-state index is 11.7. The number of sulfonamides is 1. The first-order valence-corrected chi connectivity index (χ1v) is 6.91. The van der Waals surface area contributed by atoms with Crippen LogP contribution in [0.1, 0.15) is 0 Å². The Kier molecular flexibility index (Phi) is 4.91. The molecule has 0 unspecified atom stereocenters. The van der Waals surface area contributed by atoms with E-state index in [0.717, 1.165) is 4.47 Å². The summed E-state index contributed by atoms with van der Waals surface area (Å²) in [6, 6.07) is 6.14. The van der Waals surface area contributed by atoms with Gasteiger partial charge < -0.3 is 10.4 Å². The first-order valence-electron chi connectivity index (χ1n) is 4.64. The summed E-state index contributed by atoms with van der Waals surface area (Å²) in [5.74, 6) is 0. The van der Waals surface area contributed by atoms with Crippen molar-refractivity contribution in [1.82, 2.24) is 10.0 Å². The lowest BCUT2D eigenvalue weighted by molar-refractivity contribution is 0.194. The highest BCUT2D eigenvalue weighted by Gasteiger charge is 2.12. The molecule has 0 bridgehead atoms. The summed E-state index contributed by atoms with van der Waals surface area (Å²) >= 11 is 3.20. The van der Waals surface area contributed by atoms with Crippen molar-refractivity contribution >= 4 is 32.0 Å². The minimum Gasteiger partial charge on any atom is -0.465 e. The van der Waals surface area contributed by atoms with Gasteiger partial charge in [0.15, 0.2) is 0 Å². The molecular formula is C9H11BrN2O4S. The van der Waals surface area contributed by atoms with Gasteiger partial charge in [0.05, 0.1) is 4.90 Å². The standard InChI is InChI=1S/C9H11BrN2O4S/c10-7-1-3-8(4-2-7)17(15,16)12-6-5-11-9(13)14/h1-4,11-12H,5-6H2,(H,13,14). The lowest BCUT2D eigenvalue weighted by Crippen LogP contribution is -2.33. The van der Waals surface area contributed by atoms with Crippen LogP contribution in [0.3, 0.4) is 0 Å². The van der Waals surface area contributed by atoms with Crippen LogP contribution in [0.5, 0.6) is 0 Å². The first kappa shape index (κ1) is 13.9. The van der Waals surface area contributed by atoms with Gasteiger partial charge in [0.2, 0.25) is 10.0 Å². The zero-order valence-corrected chi connectivity index (χ0v) is 11.1. The van der Waals surface area contributed by atoms with E-state index in [1.165, 1.54) is 12.1 Å². The molecule has 0 spiro atoms. The molecule has 0 aromatic heterocycles. The van der Waals surface area contributed by atoms with Gasteiger partial charge in [-0.3, -0.25) is 0 Å². The molecule has 94 valence electrons. The summed E-state index contributed by atoms with van der Waals surface area (Å²) in [6.45, 7) is 0.0236. The normalized spacial score (nSPS) is 11.1. The minimum atomic E-state index is -3.58. The van der Waals surface area contributed by atoms with Crippen LogP contribution < -0.4 is 10.0 Å². The van der Waals surface area contributed by atoms with Crippen molar-refractivity contribution in [2.24, 2.45) is 0 Å². The molecule has 1 aromatic rings. The Balaban J connectivity index is 2.57. The Hall–Kier alpha value is -1.12. The van der Waals surface area contributed by atoms with Crippen LogP contribution in [0.4, 0.5) is 4.79 Å². The maximum absolute atomic E-state index is 11.7. The Morgan fingerprint density at radius 2 is 1.82 bits per heavy atom. The smallest absolute Gasteiger partial charge is 0.404 e. The topological polar surface area (TPSA) is 95.5 Å². The van der Waals surface area contributed by atoms with Gasteiger partial charge in [-0.05, 0) is 24.3 Å². The van der Waals surface area contributed by atoms with Gasteiger partial charge in [0.1, 0.15) is 0 Å². The van der Waals surface area contributed by atoms with Gasteiger partial charge in [-0.25, -0.2) is 17.9 Å². The van der Waals surface area contributed by atoms with Crippen LogP contribution in [0.15, 0.2) is 33.6 Å². The van der Waals surface area contributed by atoms with E-state index >= 15 is 0 Å². The molecular weight excluding hydrogens is 312 g/mol. The molecule has 0 atom stereocenters. The summed E-state index contributed by atoms with van der Waals surface area (Å²) in [6.07, 6.45) is -1.19. The van der Waals surface area contributed by atoms with E-state index in [2.05, 4.69) is 26.0 Å². The molecule has 0 saturated carbocycles. The fourth-order valence-corrected chi connectivity index (χ4v) is 2.35. The van der Waals surface area contributed by atoms with E-state index < -0.39 is 16.1 Å². The number of amides is 1. The fraction of sp³-hybridized carbons (Fsp3) is 0.222. The molecule has 6 nitrogen and oxygen atoms in total. The highest BCUT2D eigenvalue weighted by Crippen LogP contribution is 2.14. The third-order valence-corrected chi connectivity index (χ3v) is 3.82. The predicted molar refractivity (Wildman–Crippen MR) is 65.4 cm³/mol. The molecule has 0 aliphatic heterocycles. The van der Waals surface area contributed by atoms with E-state index in [-0.39, 0.29) is 18.0 Å². The van der Waals surface area contributed by atoms with Crippen LogP contribution >= 0.6 is 15.9 Å². The van der Waals surface area contributed by atoms with Crippen molar-refractivity contribution in [2.75, 3.05) is 13.1 Å². The number of rotatable bonds is 5. The number of halogens is 1. The Morgan fingerprint density at radius 3 is 2.35 bits per heavy atom. The molecule has 1 amide bonds. The molecule has 0 aliphatic carbocycles. The van der Waals surface area contributed by atoms with Gasteiger partial charge in [-0.15, -0.1) is 0 Å². The number of carboxylic acid groups (broad SMARTS) is 1. The molecule has 0 radical (unpaired) electrons. The molecule has 8 heteroatoms. The van der Waals surface area contributed by atoms with E-state index in [9.17, 15) is 13.2 Å². The zero-order valence-electron chi connectivity index (χ0n) is 8.68. The molecule has 1 rings (SSSR count). The summed E-state index contributed by atoms with van der Waals surface area (Å²) in [7, 11) is -3.58. The quantitative estimate of drug-likeness (QED) is 0.704. The van der Waals surface area contributed by atoms with Crippen LogP contribution in [-0.2, 0) is 10.0 Å². The van der Waals surface area contributed by atoms with E-state index in [4.69, 9.17) is 5.11 Å². The Labute approximate surface area is 107 Å². The number of hydrogen-bond donors (Lipinski definition) is 3. The number of benzene rings is 1. The largest absolute Gasteiger partial charge is 0.465 e. The fourth-order valence-electron chi connectivity index (χ4n) is 1.05. The Morgan fingerprint density at radius 1 is 1.24 bits per heavy atom. The second-order valence-electron chi connectivity index (χ2n) is 3.08.